The molecule has 1 unspecified atom stereocenters. The number of allylic oxidation sites excluding steroid dienone is 2. The first-order valence-electron chi connectivity index (χ1n) is 5.05. The predicted octanol–water partition coefficient (Wildman–Crippen LogP) is 2.88. The zero-order valence-corrected chi connectivity index (χ0v) is 8.44. The van der Waals surface area contributed by atoms with Gasteiger partial charge in [-0.25, -0.2) is 0 Å². The van der Waals surface area contributed by atoms with E-state index in [0.29, 0.717) is 5.92 Å². The molecule has 1 aromatic rings. The van der Waals surface area contributed by atoms with Crippen LogP contribution in [0.15, 0.2) is 36.4 Å². The van der Waals surface area contributed by atoms with Crippen molar-refractivity contribution < 1.29 is 4.74 Å². The maximum absolute atomic E-state index is 5.29. The second kappa shape index (κ2) is 4.27. The van der Waals surface area contributed by atoms with Crippen molar-refractivity contribution in [3.63, 3.8) is 0 Å². The standard InChI is InChI=1S/C12H15NO/c1-14-12-4-2-3-11(9-12)10-5-7-13-8-6-10/h5-9,11H,2-4H2,1H3. The van der Waals surface area contributed by atoms with E-state index in [-0.39, 0.29) is 0 Å². The molecule has 0 saturated carbocycles. The number of ether oxygens (including phenoxy) is 1. The van der Waals surface area contributed by atoms with Gasteiger partial charge in [-0.2, -0.15) is 0 Å². The maximum atomic E-state index is 5.29. The van der Waals surface area contributed by atoms with E-state index in [0.717, 1.165) is 12.2 Å². The normalized spacial score (nSPS) is 21.5. The van der Waals surface area contributed by atoms with Gasteiger partial charge in [0.1, 0.15) is 0 Å². The number of aromatic nitrogens is 1. The largest absolute Gasteiger partial charge is 0.501 e. The molecule has 0 fully saturated rings. The zero-order chi connectivity index (χ0) is 9.80. The first-order valence-corrected chi connectivity index (χ1v) is 5.05. The summed E-state index contributed by atoms with van der Waals surface area (Å²) in [5.41, 5.74) is 1.34. The average Bonchev–Trinajstić information content (AvgIpc) is 2.30. The Morgan fingerprint density at radius 2 is 2.14 bits per heavy atom. The van der Waals surface area contributed by atoms with Crippen LogP contribution in [0.4, 0.5) is 0 Å². The van der Waals surface area contributed by atoms with Gasteiger partial charge in [0.2, 0.25) is 0 Å². The molecule has 14 heavy (non-hydrogen) atoms. The van der Waals surface area contributed by atoms with Crippen LogP contribution in [0.25, 0.3) is 0 Å². The molecule has 2 rings (SSSR count). The fourth-order valence-electron chi connectivity index (χ4n) is 1.93. The van der Waals surface area contributed by atoms with Crippen molar-refractivity contribution in [3.05, 3.63) is 41.9 Å². The summed E-state index contributed by atoms with van der Waals surface area (Å²) in [4.78, 5) is 4.03. The predicted molar refractivity (Wildman–Crippen MR) is 55.9 cm³/mol. The third kappa shape index (κ3) is 1.95. The number of hydrogen-bond donors (Lipinski definition) is 0. The highest BCUT2D eigenvalue weighted by molar-refractivity contribution is 5.23. The van der Waals surface area contributed by atoms with Gasteiger partial charge in [0, 0.05) is 24.7 Å². The average molecular weight is 189 g/mol. The lowest BCUT2D eigenvalue weighted by molar-refractivity contribution is 0.263. The number of rotatable bonds is 2. The van der Waals surface area contributed by atoms with E-state index in [4.69, 9.17) is 4.74 Å². The molecule has 0 amide bonds. The Morgan fingerprint density at radius 3 is 2.86 bits per heavy atom. The van der Waals surface area contributed by atoms with Crippen LogP contribution < -0.4 is 0 Å². The van der Waals surface area contributed by atoms with Gasteiger partial charge in [-0.05, 0) is 36.6 Å². The Balaban J connectivity index is 2.19. The van der Waals surface area contributed by atoms with Crippen LogP contribution in [0.3, 0.4) is 0 Å². The molecule has 1 atom stereocenters. The minimum Gasteiger partial charge on any atom is -0.501 e. The zero-order valence-electron chi connectivity index (χ0n) is 8.44. The molecule has 0 saturated heterocycles. The van der Waals surface area contributed by atoms with E-state index >= 15 is 0 Å². The van der Waals surface area contributed by atoms with E-state index in [1.807, 2.05) is 12.4 Å². The molecule has 0 N–H and O–H groups in total. The summed E-state index contributed by atoms with van der Waals surface area (Å²) in [6, 6.07) is 4.17. The van der Waals surface area contributed by atoms with Gasteiger partial charge in [-0.3, -0.25) is 4.98 Å². The lowest BCUT2D eigenvalue weighted by Gasteiger charge is -2.20. The summed E-state index contributed by atoms with van der Waals surface area (Å²) >= 11 is 0. The first-order chi connectivity index (χ1) is 6.90. The second-order valence-corrected chi connectivity index (χ2v) is 3.62. The van der Waals surface area contributed by atoms with Crippen LogP contribution >= 0.6 is 0 Å². The SMILES string of the molecule is COC1=CC(c2ccncc2)CCC1. The molecule has 2 heteroatoms. The molecule has 1 aromatic heterocycles. The highest BCUT2D eigenvalue weighted by Crippen LogP contribution is 2.30. The molecule has 0 spiro atoms. The summed E-state index contributed by atoms with van der Waals surface area (Å²) in [5, 5.41) is 0. The molecule has 1 aliphatic carbocycles. The Labute approximate surface area is 84.6 Å². The van der Waals surface area contributed by atoms with E-state index in [2.05, 4.69) is 23.2 Å². The molecule has 1 heterocycles. The van der Waals surface area contributed by atoms with Crippen molar-refractivity contribution in [2.24, 2.45) is 0 Å². The smallest absolute Gasteiger partial charge is 0.0921 e. The highest BCUT2D eigenvalue weighted by Gasteiger charge is 2.15. The van der Waals surface area contributed by atoms with Gasteiger partial charge in [-0.15, -0.1) is 0 Å². The van der Waals surface area contributed by atoms with E-state index < -0.39 is 0 Å². The van der Waals surface area contributed by atoms with Crippen molar-refractivity contribution in [3.8, 4) is 0 Å². The van der Waals surface area contributed by atoms with E-state index in [1.165, 1.54) is 18.4 Å². The number of nitrogens with zero attached hydrogens (tertiary/aromatic N) is 1. The molecule has 74 valence electrons. The van der Waals surface area contributed by atoms with Crippen LogP contribution in [0.1, 0.15) is 30.7 Å². The summed E-state index contributed by atoms with van der Waals surface area (Å²) in [6.07, 6.45) is 9.45. The fourth-order valence-corrected chi connectivity index (χ4v) is 1.93. The van der Waals surface area contributed by atoms with Gasteiger partial charge in [-0.1, -0.05) is 0 Å². The van der Waals surface area contributed by atoms with Crippen LogP contribution in [-0.4, -0.2) is 12.1 Å². The van der Waals surface area contributed by atoms with Gasteiger partial charge in [0.25, 0.3) is 0 Å². The Morgan fingerprint density at radius 1 is 1.36 bits per heavy atom. The van der Waals surface area contributed by atoms with Crippen LogP contribution in [-0.2, 0) is 4.74 Å². The van der Waals surface area contributed by atoms with Gasteiger partial charge < -0.3 is 4.74 Å². The van der Waals surface area contributed by atoms with E-state index in [1.54, 1.807) is 7.11 Å². The van der Waals surface area contributed by atoms with Gasteiger partial charge in [0.05, 0.1) is 12.9 Å². The van der Waals surface area contributed by atoms with Gasteiger partial charge in [0.15, 0.2) is 0 Å². The summed E-state index contributed by atoms with van der Waals surface area (Å²) < 4.78 is 5.29. The molecule has 0 aromatic carbocycles. The monoisotopic (exact) mass is 189 g/mol. The molecule has 0 radical (unpaired) electrons. The molecule has 2 nitrogen and oxygen atoms in total. The van der Waals surface area contributed by atoms with Crippen LogP contribution in [0.5, 0.6) is 0 Å². The topological polar surface area (TPSA) is 22.1 Å². The van der Waals surface area contributed by atoms with E-state index in [9.17, 15) is 0 Å². The number of pyridine rings is 1. The fraction of sp³-hybridized carbons (Fsp3) is 0.417. The van der Waals surface area contributed by atoms with Gasteiger partial charge >= 0.3 is 0 Å². The second-order valence-electron chi connectivity index (χ2n) is 3.62. The Bertz CT molecular complexity index is 318. The third-order valence-corrected chi connectivity index (χ3v) is 2.72. The maximum Gasteiger partial charge on any atom is 0.0921 e. The quantitative estimate of drug-likeness (QED) is 0.713. The van der Waals surface area contributed by atoms with Crippen molar-refractivity contribution in [1.29, 1.82) is 0 Å². The van der Waals surface area contributed by atoms with Crippen molar-refractivity contribution >= 4 is 0 Å². The lowest BCUT2D eigenvalue weighted by Crippen LogP contribution is -2.04. The van der Waals surface area contributed by atoms with Crippen molar-refractivity contribution in [2.75, 3.05) is 7.11 Å². The van der Waals surface area contributed by atoms with Crippen molar-refractivity contribution in [1.82, 2.24) is 4.98 Å². The molecular formula is C12H15NO. The minimum atomic E-state index is 0.515. The van der Waals surface area contributed by atoms with Crippen LogP contribution in [0, 0.1) is 0 Å². The molecule has 0 aliphatic heterocycles. The minimum absolute atomic E-state index is 0.515. The lowest BCUT2D eigenvalue weighted by atomic mass is 9.89. The summed E-state index contributed by atoms with van der Waals surface area (Å²) in [6.45, 7) is 0. The Hall–Kier alpha value is -1.31. The number of hydrogen-bond acceptors (Lipinski definition) is 2. The number of methoxy groups -OCH3 is 1. The molecular weight excluding hydrogens is 174 g/mol. The summed E-state index contributed by atoms with van der Waals surface area (Å²) in [5.74, 6) is 1.64. The van der Waals surface area contributed by atoms with Crippen molar-refractivity contribution in [2.45, 2.75) is 25.2 Å². The van der Waals surface area contributed by atoms with Crippen LogP contribution in [0.2, 0.25) is 0 Å². The Kier molecular flexibility index (Phi) is 2.82. The highest BCUT2D eigenvalue weighted by atomic mass is 16.5. The first kappa shape index (κ1) is 9.25. The molecule has 0 bridgehead atoms. The third-order valence-electron chi connectivity index (χ3n) is 2.72. The molecule has 1 aliphatic rings. The summed E-state index contributed by atoms with van der Waals surface area (Å²) in [7, 11) is 1.75.